The highest BCUT2D eigenvalue weighted by Gasteiger charge is 2.10. The Morgan fingerprint density at radius 1 is 1.24 bits per heavy atom. The van der Waals surface area contributed by atoms with Crippen molar-refractivity contribution < 1.29 is 13.5 Å². The van der Waals surface area contributed by atoms with E-state index in [1.807, 2.05) is 0 Å². The molecule has 1 N–H and O–H groups in total. The zero-order valence-corrected chi connectivity index (χ0v) is 12.7. The molecule has 4 nitrogen and oxygen atoms in total. The quantitative estimate of drug-likeness (QED) is 0.841. The number of alkyl halides is 2. The molecule has 0 fully saturated rings. The van der Waals surface area contributed by atoms with Crippen LogP contribution in [-0.4, -0.2) is 16.8 Å². The zero-order valence-electron chi connectivity index (χ0n) is 11.8. The average Bonchev–Trinajstić information content (AvgIpc) is 2.84. The number of anilines is 1. The fraction of sp³-hybridized carbons (Fsp3) is 0.429. The first-order valence-electron chi connectivity index (χ1n) is 6.63. The molecule has 0 radical (unpaired) electrons. The molecule has 1 aromatic carbocycles. The van der Waals surface area contributed by atoms with Gasteiger partial charge in [-0.15, -0.1) is 10.2 Å². The molecular weight excluding hydrogens is 296 g/mol. The number of nitrogens with zero attached hydrogens (tertiary/aromatic N) is 2. The lowest BCUT2D eigenvalue weighted by molar-refractivity contribution is -0.0504. The Hall–Kier alpha value is -1.76. The minimum atomic E-state index is -2.83. The molecule has 0 unspecified atom stereocenters. The molecule has 0 aliphatic heterocycles. The third kappa shape index (κ3) is 4.93. The van der Waals surface area contributed by atoms with E-state index < -0.39 is 6.61 Å². The van der Waals surface area contributed by atoms with Crippen LogP contribution >= 0.6 is 11.3 Å². The molecular formula is C14H17F2N3OS. The summed E-state index contributed by atoms with van der Waals surface area (Å²) in [6.07, 6.45) is 0.879. The van der Waals surface area contributed by atoms with Crippen LogP contribution in [0.2, 0.25) is 0 Å². The highest BCUT2D eigenvalue weighted by atomic mass is 32.1. The SMILES string of the molecule is CC(C)Cc1nnc(NCc2ccccc2OC(F)F)s1. The first-order valence-corrected chi connectivity index (χ1v) is 7.45. The van der Waals surface area contributed by atoms with Gasteiger partial charge in [-0.2, -0.15) is 8.78 Å². The van der Waals surface area contributed by atoms with E-state index >= 15 is 0 Å². The second-order valence-electron chi connectivity index (χ2n) is 4.94. The number of rotatable bonds is 7. The van der Waals surface area contributed by atoms with Gasteiger partial charge in [-0.05, 0) is 12.0 Å². The Kier molecular flexibility index (Phi) is 5.44. The number of nitrogens with one attached hydrogen (secondary N) is 1. The lowest BCUT2D eigenvalue weighted by Gasteiger charge is -2.10. The highest BCUT2D eigenvalue weighted by Crippen LogP contribution is 2.23. The summed E-state index contributed by atoms with van der Waals surface area (Å²) in [5, 5.41) is 12.9. The summed E-state index contributed by atoms with van der Waals surface area (Å²) >= 11 is 1.48. The number of ether oxygens (including phenoxy) is 1. The molecule has 0 spiro atoms. The maximum Gasteiger partial charge on any atom is 0.387 e. The molecule has 0 saturated heterocycles. The minimum absolute atomic E-state index is 0.173. The third-order valence-electron chi connectivity index (χ3n) is 2.67. The first-order chi connectivity index (χ1) is 10.0. The van der Waals surface area contributed by atoms with Crippen molar-refractivity contribution in [2.75, 3.05) is 5.32 Å². The second kappa shape index (κ2) is 7.31. The summed E-state index contributed by atoms with van der Waals surface area (Å²) in [5.74, 6) is 0.692. The van der Waals surface area contributed by atoms with Gasteiger partial charge in [0.2, 0.25) is 5.13 Å². The molecule has 1 aromatic heterocycles. The van der Waals surface area contributed by atoms with Crippen LogP contribution in [-0.2, 0) is 13.0 Å². The molecule has 0 aliphatic carbocycles. The summed E-state index contributed by atoms with van der Waals surface area (Å²) in [7, 11) is 0. The monoisotopic (exact) mass is 313 g/mol. The van der Waals surface area contributed by atoms with Gasteiger partial charge in [-0.1, -0.05) is 43.4 Å². The molecule has 1 heterocycles. The Balaban J connectivity index is 1.98. The van der Waals surface area contributed by atoms with Crippen molar-refractivity contribution in [2.45, 2.75) is 33.4 Å². The van der Waals surface area contributed by atoms with Gasteiger partial charge < -0.3 is 10.1 Å². The highest BCUT2D eigenvalue weighted by molar-refractivity contribution is 7.15. The largest absolute Gasteiger partial charge is 0.434 e. The molecule has 0 atom stereocenters. The number of aromatic nitrogens is 2. The van der Waals surface area contributed by atoms with Gasteiger partial charge in [0.25, 0.3) is 0 Å². The molecule has 0 aliphatic rings. The zero-order chi connectivity index (χ0) is 15.2. The van der Waals surface area contributed by atoms with Crippen molar-refractivity contribution in [3.63, 3.8) is 0 Å². The minimum Gasteiger partial charge on any atom is -0.434 e. The van der Waals surface area contributed by atoms with Crippen LogP contribution < -0.4 is 10.1 Å². The molecule has 0 bridgehead atoms. The maximum atomic E-state index is 12.3. The number of hydrogen-bond acceptors (Lipinski definition) is 5. The molecule has 2 rings (SSSR count). The number of para-hydroxylation sites is 1. The Bertz CT molecular complexity index is 575. The lowest BCUT2D eigenvalue weighted by Crippen LogP contribution is -2.07. The van der Waals surface area contributed by atoms with E-state index in [1.54, 1.807) is 18.2 Å². The van der Waals surface area contributed by atoms with Crippen molar-refractivity contribution in [1.82, 2.24) is 10.2 Å². The number of halogens is 2. The number of benzene rings is 1. The van der Waals surface area contributed by atoms with Gasteiger partial charge in [-0.3, -0.25) is 0 Å². The molecule has 114 valence electrons. The van der Waals surface area contributed by atoms with Crippen LogP contribution in [0.1, 0.15) is 24.4 Å². The van der Waals surface area contributed by atoms with Gasteiger partial charge in [0, 0.05) is 18.5 Å². The maximum absolute atomic E-state index is 12.3. The van der Waals surface area contributed by atoms with Gasteiger partial charge in [-0.25, -0.2) is 0 Å². The van der Waals surface area contributed by atoms with Gasteiger partial charge in [0.15, 0.2) is 0 Å². The van der Waals surface area contributed by atoms with Crippen molar-refractivity contribution in [2.24, 2.45) is 5.92 Å². The van der Waals surface area contributed by atoms with Crippen LogP contribution in [0.3, 0.4) is 0 Å². The normalized spacial score (nSPS) is 11.1. The van der Waals surface area contributed by atoms with Crippen LogP contribution in [0, 0.1) is 5.92 Å². The van der Waals surface area contributed by atoms with E-state index in [0.29, 0.717) is 23.2 Å². The molecule has 2 aromatic rings. The molecule has 0 amide bonds. The van der Waals surface area contributed by atoms with Crippen molar-refractivity contribution in [1.29, 1.82) is 0 Å². The molecule has 21 heavy (non-hydrogen) atoms. The standard InChI is InChI=1S/C14H17F2N3OS/c1-9(2)7-12-18-19-14(21-12)17-8-10-5-3-4-6-11(10)20-13(15)16/h3-6,9,13H,7-8H2,1-2H3,(H,17,19). The van der Waals surface area contributed by atoms with E-state index in [1.165, 1.54) is 17.4 Å². The molecule has 7 heteroatoms. The Labute approximate surface area is 126 Å². The topological polar surface area (TPSA) is 47.0 Å². The van der Waals surface area contributed by atoms with Crippen LogP contribution in [0.15, 0.2) is 24.3 Å². The van der Waals surface area contributed by atoms with Crippen molar-refractivity contribution >= 4 is 16.5 Å². The summed E-state index contributed by atoms with van der Waals surface area (Å²) in [6, 6.07) is 6.70. The molecule has 0 saturated carbocycles. The Morgan fingerprint density at radius 2 is 2.00 bits per heavy atom. The van der Waals surface area contributed by atoms with E-state index in [4.69, 9.17) is 0 Å². The summed E-state index contributed by atoms with van der Waals surface area (Å²) in [5.41, 5.74) is 0.651. The number of hydrogen-bond donors (Lipinski definition) is 1. The smallest absolute Gasteiger partial charge is 0.387 e. The van der Waals surface area contributed by atoms with E-state index in [2.05, 4.69) is 34.1 Å². The van der Waals surface area contributed by atoms with Crippen molar-refractivity contribution in [3.05, 3.63) is 34.8 Å². The first kappa shape index (κ1) is 15.6. The summed E-state index contributed by atoms with van der Waals surface area (Å²) < 4.78 is 29.1. The van der Waals surface area contributed by atoms with E-state index in [0.717, 1.165) is 11.4 Å². The fourth-order valence-corrected chi connectivity index (χ4v) is 2.74. The van der Waals surface area contributed by atoms with Crippen LogP contribution in [0.4, 0.5) is 13.9 Å². The van der Waals surface area contributed by atoms with Crippen LogP contribution in [0.25, 0.3) is 0 Å². The summed E-state index contributed by atoms with van der Waals surface area (Å²) in [6.45, 7) is 1.77. The Morgan fingerprint density at radius 3 is 2.71 bits per heavy atom. The predicted octanol–water partition coefficient (Wildman–Crippen LogP) is 3.95. The van der Waals surface area contributed by atoms with Crippen LogP contribution in [0.5, 0.6) is 5.75 Å². The predicted molar refractivity (Wildman–Crippen MR) is 78.9 cm³/mol. The third-order valence-corrected chi connectivity index (χ3v) is 3.57. The average molecular weight is 313 g/mol. The summed E-state index contributed by atoms with van der Waals surface area (Å²) in [4.78, 5) is 0. The fourth-order valence-electron chi connectivity index (χ4n) is 1.79. The van der Waals surface area contributed by atoms with Gasteiger partial charge >= 0.3 is 6.61 Å². The second-order valence-corrected chi connectivity index (χ2v) is 6.00. The van der Waals surface area contributed by atoms with E-state index in [9.17, 15) is 8.78 Å². The van der Waals surface area contributed by atoms with Crippen molar-refractivity contribution in [3.8, 4) is 5.75 Å². The van der Waals surface area contributed by atoms with Gasteiger partial charge in [0.05, 0.1) is 0 Å². The lowest BCUT2D eigenvalue weighted by atomic mass is 10.1. The van der Waals surface area contributed by atoms with E-state index in [-0.39, 0.29) is 5.75 Å². The van der Waals surface area contributed by atoms with Gasteiger partial charge in [0.1, 0.15) is 10.8 Å².